The number of aromatic amines is 1. The molecule has 2 aliphatic carbocycles. The van der Waals surface area contributed by atoms with Crippen LogP contribution in [-0.4, -0.2) is 31.5 Å². The number of rotatable bonds is 4. The first-order valence-electron chi connectivity index (χ1n) is 16.3. The van der Waals surface area contributed by atoms with Crippen LogP contribution in [0.2, 0.25) is 5.15 Å². The monoisotopic (exact) mass is 646 g/mol. The number of nitrogens with one attached hydrogen (secondary N) is 3. The molecule has 47 heavy (non-hydrogen) atoms. The highest BCUT2D eigenvalue weighted by Gasteiger charge is 2.52. The van der Waals surface area contributed by atoms with Crippen LogP contribution in [0.25, 0.3) is 0 Å². The van der Waals surface area contributed by atoms with Gasteiger partial charge in [0.15, 0.2) is 17.4 Å². The van der Waals surface area contributed by atoms with Crippen LogP contribution in [0.4, 0.5) is 11.6 Å². The van der Waals surface area contributed by atoms with Gasteiger partial charge >= 0.3 is 0 Å². The maximum absolute atomic E-state index is 14.3. The van der Waals surface area contributed by atoms with Gasteiger partial charge in [-0.1, -0.05) is 93.0 Å². The number of aromatic nitrogens is 4. The van der Waals surface area contributed by atoms with Crippen molar-refractivity contribution in [3.63, 3.8) is 0 Å². The molecule has 0 radical (unpaired) electrons. The number of nitrogens with zero attached hydrogens (tertiary/aromatic N) is 3. The van der Waals surface area contributed by atoms with E-state index in [2.05, 4.69) is 79.7 Å². The summed E-state index contributed by atoms with van der Waals surface area (Å²) in [6.07, 6.45) is 4.01. The van der Waals surface area contributed by atoms with Gasteiger partial charge in [-0.3, -0.25) is 19.4 Å². The maximum atomic E-state index is 14.3. The summed E-state index contributed by atoms with van der Waals surface area (Å²) in [7, 11) is 0. The lowest BCUT2D eigenvalue weighted by Gasteiger charge is -2.44. The quantitative estimate of drug-likeness (QED) is 0.210. The normalized spacial score (nSPS) is 27.8. The fourth-order valence-corrected chi connectivity index (χ4v) is 9.29. The first-order valence-corrected chi connectivity index (χ1v) is 16.7. The molecule has 4 aromatic rings. The zero-order valence-electron chi connectivity index (χ0n) is 27.4. The Morgan fingerprint density at radius 2 is 1.36 bits per heavy atom. The van der Waals surface area contributed by atoms with Gasteiger partial charge in [0.2, 0.25) is 0 Å². The molecule has 0 amide bonds. The minimum atomic E-state index is -0.779. The molecular formula is C38H39ClN6O2. The third kappa shape index (κ3) is 4.33. The second-order valence-corrected chi connectivity index (χ2v) is 15.7. The number of Topliss-reactive ketones (excluding diaryl/α,β-unsaturated/α-hetero) is 2. The highest BCUT2D eigenvalue weighted by atomic mass is 35.5. The third-order valence-corrected chi connectivity index (χ3v) is 11.4. The number of fused-ring (bicyclic) bond motifs is 2. The number of halogens is 1. The summed E-state index contributed by atoms with van der Waals surface area (Å²) in [5, 5.41) is 20.1. The minimum Gasteiger partial charge on any atom is -0.343 e. The summed E-state index contributed by atoms with van der Waals surface area (Å²) in [4.78, 5) is 28.2. The van der Waals surface area contributed by atoms with Gasteiger partial charge in [-0.2, -0.15) is 10.2 Å². The average molecular weight is 647 g/mol. The van der Waals surface area contributed by atoms with Crippen molar-refractivity contribution < 1.29 is 9.59 Å². The van der Waals surface area contributed by atoms with E-state index in [4.69, 9.17) is 16.7 Å². The Balaban J connectivity index is 1.20. The first-order chi connectivity index (χ1) is 22.3. The number of carbonyl (C=O) groups excluding carboxylic acids is 2. The Morgan fingerprint density at radius 1 is 0.766 bits per heavy atom. The molecule has 240 valence electrons. The lowest BCUT2D eigenvalue weighted by Crippen LogP contribution is -2.43. The van der Waals surface area contributed by atoms with Crippen molar-refractivity contribution in [1.82, 2.24) is 20.0 Å². The van der Waals surface area contributed by atoms with Crippen LogP contribution >= 0.6 is 11.6 Å². The van der Waals surface area contributed by atoms with Gasteiger partial charge in [0.1, 0.15) is 11.0 Å². The summed E-state index contributed by atoms with van der Waals surface area (Å²) < 4.78 is 1.84. The number of H-pyrrole nitrogens is 1. The Bertz CT molecular complexity index is 2040. The fraction of sp³-hybridized carbons (Fsp3) is 0.368. The molecule has 2 aromatic heterocycles. The van der Waals surface area contributed by atoms with Gasteiger partial charge in [0, 0.05) is 53.1 Å². The van der Waals surface area contributed by atoms with E-state index in [1.165, 1.54) is 0 Å². The predicted molar refractivity (Wildman–Crippen MR) is 183 cm³/mol. The fourth-order valence-electron chi connectivity index (χ4n) is 8.91. The van der Waals surface area contributed by atoms with Crippen molar-refractivity contribution in [2.24, 2.45) is 10.8 Å². The van der Waals surface area contributed by atoms with Crippen molar-refractivity contribution in [2.75, 3.05) is 10.6 Å². The van der Waals surface area contributed by atoms with Crippen molar-refractivity contribution in [1.29, 1.82) is 0 Å². The van der Waals surface area contributed by atoms with E-state index in [0.29, 0.717) is 36.8 Å². The molecule has 0 saturated carbocycles. The highest BCUT2D eigenvalue weighted by molar-refractivity contribution is 6.31. The largest absolute Gasteiger partial charge is 0.343 e. The molecule has 2 unspecified atom stereocenters. The maximum Gasteiger partial charge on any atom is 0.162 e. The van der Waals surface area contributed by atoms with Crippen LogP contribution in [0.15, 0.2) is 89.4 Å². The zero-order chi connectivity index (χ0) is 32.9. The standard InChI is InChI=1S/C38H39ClN6O2/c1-35(2)16-25-30(27(46)18-35)38(5,23-14-10-7-11-15-23)31-32(39)45(44-34(31)42-25)21-36(3)17-26-29(28(47)19-36)37(4,22-12-8-6-9-13-22)24-20-40-43-33(24)41-26/h6-15,20H,16-19,21H2,1-5H3,(H,42,44)(H2,40,41,43)/t36?,37-,38?/m1/s1. The summed E-state index contributed by atoms with van der Waals surface area (Å²) in [6.45, 7) is 11.1. The SMILES string of the molecule is CC1(C)CC(=O)C2=C(C1)Nc1nn(CC3(C)CC(=O)C4=C(C3)Nc3[nH]ncc3[C@@]4(C)c3ccccc3)c(Cl)c1C2(C)c1ccccc1. The van der Waals surface area contributed by atoms with Crippen molar-refractivity contribution in [3.8, 4) is 0 Å². The average Bonchev–Trinajstić information content (AvgIpc) is 3.61. The second kappa shape index (κ2) is 10.0. The molecule has 4 aliphatic rings. The number of carbonyl (C=O) groups is 2. The summed E-state index contributed by atoms with van der Waals surface area (Å²) in [5.41, 5.74) is 5.13. The Labute approximate surface area is 279 Å². The summed E-state index contributed by atoms with van der Waals surface area (Å²) in [6, 6.07) is 20.3. The van der Waals surface area contributed by atoms with E-state index in [1.54, 1.807) is 0 Å². The smallest absolute Gasteiger partial charge is 0.162 e. The van der Waals surface area contributed by atoms with Crippen LogP contribution in [0.1, 0.15) is 82.6 Å². The van der Waals surface area contributed by atoms with Gasteiger partial charge in [0.25, 0.3) is 0 Å². The molecule has 2 aromatic carbocycles. The van der Waals surface area contributed by atoms with Gasteiger partial charge in [-0.15, -0.1) is 0 Å². The second-order valence-electron chi connectivity index (χ2n) is 15.3. The zero-order valence-corrected chi connectivity index (χ0v) is 28.2. The Hall–Kier alpha value is -4.43. The van der Waals surface area contributed by atoms with Crippen LogP contribution in [0.3, 0.4) is 0 Å². The van der Waals surface area contributed by atoms with Crippen LogP contribution in [0, 0.1) is 10.8 Å². The topological polar surface area (TPSA) is 105 Å². The lowest BCUT2D eigenvalue weighted by molar-refractivity contribution is -0.119. The van der Waals surface area contributed by atoms with E-state index in [-0.39, 0.29) is 17.0 Å². The summed E-state index contributed by atoms with van der Waals surface area (Å²) >= 11 is 7.34. The molecule has 0 saturated heterocycles. The van der Waals surface area contributed by atoms with Gasteiger partial charge < -0.3 is 10.6 Å². The van der Waals surface area contributed by atoms with Crippen LogP contribution in [-0.2, 0) is 27.0 Å². The Morgan fingerprint density at radius 3 is 2.04 bits per heavy atom. The third-order valence-electron chi connectivity index (χ3n) is 11.0. The molecule has 9 heteroatoms. The lowest BCUT2D eigenvalue weighted by atomic mass is 9.61. The number of allylic oxidation sites excluding steroid dienone is 4. The molecule has 3 atom stereocenters. The first kappa shape index (κ1) is 29.9. The van der Waals surface area contributed by atoms with Crippen LogP contribution < -0.4 is 10.6 Å². The van der Waals surface area contributed by atoms with E-state index in [0.717, 1.165) is 57.0 Å². The minimum absolute atomic E-state index is 0.102. The number of ketones is 2. The van der Waals surface area contributed by atoms with E-state index in [9.17, 15) is 9.59 Å². The molecule has 4 heterocycles. The van der Waals surface area contributed by atoms with E-state index < -0.39 is 16.2 Å². The molecular weight excluding hydrogens is 608 g/mol. The summed E-state index contributed by atoms with van der Waals surface area (Å²) in [5.74, 6) is 1.72. The number of anilines is 2. The molecule has 8 rings (SSSR count). The molecule has 0 spiro atoms. The van der Waals surface area contributed by atoms with Crippen LogP contribution in [0.5, 0.6) is 0 Å². The van der Waals surface area contributed by atoms with Crippen molar-refractivity contribution >= 4 is 34.8 Å². The molecule has 0 bridgehead atoms. The van der Waals surface area contributed by atoms with Gasteiger partial charge in [0.05, 0.1) is 17.0 Å². The number of hydrogen-bond donors (Lipinski definition) is 3. The number of benzene rings is 2. The van der Waals surface area contributed by atoms with Crippen molar-refractivity contribution in [3.05, 3.63) is 117 Å². The molecule has 0 fully saturated rings. The molecule has 2 aliphatic heterocycles. The van der Waals surface area contributed by atoms with E-state index in [1.807, 2.05) is 47.3 Å². The number of hydrogen-bond acceptors (Lipinski definition) is 6. The van der Waals surface area contributed by atoms with Crippen molar-refractivity contribution in [2.45, 2.75) is 77.7 Å². The van der Waals surface area contributed by atoms with E-state index >= 15 is 0 Å². The molecule has 3 N–H and O–H groups in total. The predicted octanol–water partition coefficient (Wildman–Crippen LogP) is 7.69. The Kier molecular flexibility index (Phi) is 6.39. The van der Waals surface area contributed by atoms with Gasteiger partial charge in [-0.25, -0.2) is 0 Å². The highest BCUT2D eigenvalue weighted by Crippen LogP contribution is 2.56. The molecule has 8 nitrogen and oxygen atoms in total. The van der Waals surface area contributed by atoms with Gasteiger partial charge in [-0.05, 0) is 48.6 Å².